The molecule has 2 aromatic carbocycles. The van der Waals surface area contributed by atoms with Crippen LogP contribution in [-0.2, 0) is 16.6 Å². The maximum Gasteiger partial charge on any atom is 0.249 e. The number of sulfonamides is 1. The molecule has 0 N–H and O–H groups in total. The molecule has 0 spiro atoms. The van der Waals surface area contributed by atoms with Crippen molar-refractivity contribution in [1.29, 1.82) is 0 Å². The minimum Gasteiger partial charge on any atom is -0.419 e. The Hall–Kier alpha value is -2.44. The molecule has 1 aliphatic heterocycles. The van der Waals surface area contributed by atoms with E-state index in [2.05, 4.69) is 23.8 Å². The molecule has 0 amide bonds. The summed E-state index contributed by atoms with van der Waals surface area (Å²) in [6.07, 6.45) is 0. The van der Waals surface area contributed by atoms with Crippen LogP contribution in [0.25, 0.3) is 22.5 Å². The fraction of sp³-hybridized carbons (Fsp3) is 0.263. The van der Waals surface area contributed by atoms with Crippen LogP contribution in [-0.4, -0.2) is 62.7 Å². The molecule has 2 aromatic heterocycles. The van der Waals surface area contributed by atoms with Gasteiger partial charge in [0, 0.05) is 26.2 Å². The zero-order valence-corrected chi connectivity index (χ0v) is 18.6. The zero-order valence-electron chi connectivity index (χ0n) is 16.2. The van der Waals surface area contributed by atoms with E-state index in [1.54, 1.807) is 24.3 Å². The van der Waals surface area contributed by atoms with Crippen molar-refractivity contribution < 1.29 is 12.8 Å². The highest BCUT2D eigenvalue weighted by Gasteiger charge is 2.31. The molecule has 0 saturated carbocycles. The largest absolute Gasteiger partial charge is 0.419 e. The van der Waals surface area contributed by atoms with E-state index in [0.717, 1.165) is 11.7 Å². The fourth-order valence-corrected chi connectivity index (χ4v) is 5.90. The Morgan fingerprint density at radius 2 is 1.81 bits per heavy atom. The number of halogens is 1. The summed E-state index contributed by atoms with van der Waals surface area (Å²) in [4.78, 5) is 2.29. The minimum absolute atomic E-state index is 0.202. The zero-order chi connectivity index (χ0) is 21.4. The van der Waals surface area contributed by atoms with Crippen molar-refractivity contribution in [3.05, 3.63) is 53.4 Å². The summed E-state index contributed by atoms with van der Waals surface area (Å²) in [5.74, 6) is 0.830. The Morgan fingerprint density at radius 3 is 2.61 bits per heavy atom. The quantitative estimate of drug-likeness (QED) is 0.433. The Labute approximate surface area is 187 Å². The third-order valence-corrected chi connectivity index (χ3v) is 7.93. The van der Waals surface area contributed by atoms with Crippen molar-refractivity contribution in [2.45, 2.75) is 11.4 Å². The average molecular weight is 477 g/mol. The van der Waals surface area contributed by atoms with Gasteiger partial charge in [-0.3, -0.25) is 4.90 Å². The Morgan fingerprint density at radius 1 is 1.00 bits per heavy atom. The lowest BCUT2D eigenvalue weighted by Crippen LogP contribution is -2.48. The number of hydrogen-bond acceptors (Lipinski definition) is 9. The highest BCUT2D eigenvalue weighted by atomic mass is 35.5. The molecule has 0 bridgehead atoms. The molecule has 0 radical (unpaired) electrons. The number of piperazine rings is 1. The van der Waals surface area contributed by atoms with Gasteiger partial charge in [0.15, 0.2) is 0 Å². The maximum absolute atomic E-state index is 13.1. The van der Waals surface area contributed by atoms with Crippen molar-refractivity contribution in [1.82, 2.24) is 28.1 Å². The van der Waals surface area contributed by atoms with Crippen molar-refractivity contribution in [3.63, 3.8) is 0 Å². The van der Waals surface area contributed by atoms with Crippen molar-refractivity contribution in [2.75, 3.05) is 26.2 Å². The Bertz CT molecular complexity index is 1330. The number of benzene rings is 2. The topological polar surface area (TPSA) is 105 Å². The molecule has 5 rings (SSSR count). The minimum atomic E-state index is -3.65. The second-order valence-electron chi connectivity index (χ2n) is 7.05. The number of hydrogen-bond donors (Lipinski definition) is 0. The van der Waals surface area contributed by atoms with Gasteiger partial charge in [0.05, 0.1) is 28.9 Å². The molecular weight excluding hydrogens is 460 g/mol. The monoisotopic (exact) mass is 476 g/mol. The van der Waals surface area contributed by atoms with Gasteiger partial charge in [-0.2, -0.15) is 13.1 Å². The van der Waals surface area contributed by atoms with E-state index in [-0.39, 0.29) is 4.90 Å². The lowest BCUT2D eigenvalue weighted by Gasteiger charge is -2.33. The summed E-state index contributed by atoms with van der Waals surface area (Å²) < 4.78 is 41.8. The molecule has 12 heteroatoms. The molecule has 0 atom stereocenters. The van der Waals surface area contributed by atoms with Crippen LogP contribution >= 0.6 is 23.3 Å². The van der Waals surface area contributed by atoms with Crippen LogP contribution < -0.4 is 0 Å². The first kappa shape index (κ1) is 20.5. The van der Waals surface area contributed by atoms with Gasteiger partial charge < -0.3 is 4.42 Å². The smallest absolute Gasteiger partial charge is 0.249 e. The molecule has 1 fully saturated rings. The van der Waals surface area contributed by atoms with Crippen LogP contribution in [0.1, 0.15) is 5.89 Å². The molecule has 1 aliphatic rings. The number of fused-ring (bicyclic) bond motifs is 1. The van der Waals surface area contributed by atoms with Gasteiger partial charge in [-0.1, -0.05) is 29.8 Å². The molecule has 3 heterocycles. The first-order chi connectivity index (χ1) is 15.0. The maximum atomic E-state index is 13.1. The van der Waals surface area contributed by atoms with E-state index in [0.29, 0.717) is 66.1 Å². The normalized spacial score (nSPS) is 16.2. The predicted molar refractivity (Wildman–Crippen MR) is 116 cm³/mol. The van der Waals surface area contributed by atoms with Gasteiger partial charge in [0.25, 0.3) is 0 Å². The van der Waals surface area contributed by atoms with E-state index in [1.165, 1.54) is 4.31 Å². The molecule has 160 valence electrons. The van der Waals surface area contributed by atoms with Gasteiger partial charge >= 0.3 is 0 Å². The molecule has 4 aromatic rings. The second-order valence-corrected chi connectivity index (χ2v) is 9.89. The molecular formula is C19H17ClN6O3S2. The SMILES string of the molecule is O=S(=O)(c1cccc2nsnc12)N1CCN(Cc2nnc(-c3ccccc3Cl)o2)CC1. The van der Waals surface area contributed by atoms with Gasteiger partial charge in [-0.25, -0.2) is 8.42 Å². The highest BCUT2D eigenvalue weighted by Crippen LogP contribution is 2.27. The summed E-state index contributed by atoms with van der Waals surface area (Å²) in [6, 6.07) is 12.3. The first-order valence-electron chi connectivity index (χ1n) is 9.53. The van der Waals surface area contributed by atoms with E-state index < -0.39 is 10.0 Å². The van der Waals surface area contributed by atoms with E-state index in [4.69, 9.17) is 16.0 Å². The van der Waals surface area contributed by atoms with Crippen LogP contribution in [0, 0.1) is 0 Å². The summed E-state index contributed by atoms with van der Waals surface area (Å²) in [5, 5.41) is 8.74. The van der Waals surface area contributed by atoms with Gasteiger partial charge in [0.2, 0.25) is 21.8 Å². The fourth-order valence-electron chi connectivity index (χ4n) is 3.51. The Balaban J connectivity index is 1.26. The van der Waals surface area contributed by atoms with Gasteiger partial charge in [-0.15, -0.1) is 10.2 Å². The van der Waals surface area contributed by atoms with E-state index in [1.807, 2.05) is 18.2 Å². The third kappa shape index (κ3) is 3.94. The summed E-state index contributed by atoms with van der Waals surface area (Å²) >= 11 is 7.20. The van der Waals surface area contributed by atoms with Gasteiger partial charge in [0.1, 0.15) is 15.9 Å². The first-order valence-corrected chi connectivity index (χ1v) is 12.1. The molecule has 0 aliphatic carbocycles. The second kappa shape index (κ2) is 8.24. The standard InChI is InChI=1S/C19H17ClN6O3S2/c20-14-5-2-1-4-13(14)19-22-21-17(29-19)12-25-8-10-26(11-9-25)31(27,28)16-7-3-6-15-18(16)24-30-23-15/h1-7H,8-12H2. The van der Waals surface area contributed by atoms with Crippen LogP contribution in [0.4, 0.5) is 0 Å². The van der Waals surface area contributed by atoms with Crippen LogP contribution in [0.2, 0.25) is 5.02 Å². The summed E-state index contributed by atoms with van der Waals surface area (Å²) in [5.41, 5.74) is 1.70. The lowest BCUT2D eigenvalue weighted by atomic mass is 10.2. The molecule has 1 saturated heterocycles. The van der Waals surface area contributed by atoms with Crippen LogP contribution in [0.3, 0.4) is 0 Å². The van der Waals surface area contributed by atoms with Crippen molar-refractivity contribution >= 4 is 44.4 Å². The third-order valence-electron chi connectivity index (χ3n) is 5.13. The number of aromatic nitrogens is 4. The summed E-state index contributed by atoms with van der Waals surface area (Å²) in [6.45, 7) is 2.27. The van der Waals surface area contributed by atoms with Gasteiger partial charge in [-0.05, 0) is 24.3 Å². The average Bonchev–Trinajstić information content (AvgIpc) is 3.44. The van der Waals surface area contributed by atoms with Crippen LogP contribution in [0.15, 0.2) is 51.8 Å². The summed E-state index contributed by atoms with van der Waals surface area (Å²) in [7, 11) is -3.65. The van der Waals surface area contributed by atoms with E-state index >= 15 is 0 Å². The number of nitrogens with zero attached hydrogens (tertiary/aromatic N) is 6. The molecule has 0 unspecified atom stereocenters. The van der Waals surface area contributed by atoms with Crippen molar-refractivity contribution in [3.8, 4) is 11.5 Å². The lowest BCUT2D eigenvalue weighted by molar-refractivity contribution is 0.168. The van der Waals surface area contributed by atoms with E-state index in [9.17, 15) is 8.42 Å². The molecule has 31 heavy (non-hydrogen) atoms. The van der Waals surface area contributed by atoms with Crippen LogP contribution in [0.5, 0.6) is 0 Å². The predicted octanol–water partition coefficient (Wildman–Crippen LogP) is 2.90. The van der Waals surface area contributed by atoms with Crippen molar-refractivity contribution in [2.24, 2.45) is 0 Å². The molecule has 9 nitrogen and oxygen atoms in total. The highest BCUT2D eigenvalue weighted by molar-refractivity contribution is 7.89. The number of rotatable bonds is 5. The Kier molecular flexibility index (Phi) is 5.44.